The van der Waals surface area contributed by atoms with Gasteiger partial charge in [-0.25, -0.2) is 0 Å². The van der Waals surface area contributed by atoms with E-state index in [1.165, 1.54) is 17.3 Å². The van der Waals surface area contributed by atoms with Crippen LogP contribution in [-0.4, -0.2) is 14.2 Å². The summed E-state index contributed by atoms with van der Waals surface area (Å²) in [7, 11) is 3.19. The first-order valence-corrected chi connectivity index (χ1v) is 7.40. The Hall–Kier alpha value is -2.12. The van der Waals surface area contributed by atoms with Crippen LogP contribution in [0.1, 0.15) is 16.4 Å². The minimum atomic E-state index is -0.285. The highest BCUT2D eigenvalue weighted by molar-refractivity contribution is 7.99. The van der Waals surface area contributed by atoms with Crippen LogP contribution in [0.3, 0.4) is 0 Å². The van der Waals surface area contributed by atoms with Crippen molar-refractivity contribution in [2.75, 3.05) is 14.2 Å². The lowest BCUT2D eigenvalue weighted by molar-refractivity contribution is 0.354. The number of nitrogens with zero attached hydrogens (tertiary/aromatic N) is 1. The van der Waals surface area contributed by atoms with Crippen LogP contribution in [0.2, 0.25) is 0 Å². The van der Waals surface area contributed by atoms with Gasteiger partial charge in [0.25, 0.3) is 0 Å². The summed E-state index contributed by atoms with van der Waals surface area (Å²) in [5.41, 5.74) is 2.11. The quantitative estimate of drug-likeness (QED) is 0.769. The fourth-order valence-electron chi connectivity index (χ4n) is 1.94. The van der Waals surface area contributed by atoms with Crippen molar-refractivity contribution in [2.24, 2.45) is 0 Å². The standard InChI is InChI=1S/C17H17NO2S/c1-12-4-7-14(8-5-12)21-17(11-18)13-6-9-15(19-2)16(10-13)20-3/h4-10,17H,1-3H3. The van der Waals surface area contributed by atoms with Crippen LogP contribution in [0.25, 0.3) is 0 Å². The molecule has 2 rings (SSSR count). The molecule has 0 saturated carbocycles. The zero-order chi connectivity index (χ0) is 15.2. The Morgan fingerprint density at radius 2 is 1.67 bits per heavy atom. The highest BCUT2D eigenvalue weighted by Gasteiger charge is 2.15. The second-order valence-electron chi connectivity index (χ2n) is 4.55. The highest BCUT2D eigenvalue weighted by Crippen LogP contribution is 2.38. The Kier molecular flexibility index (Phi) is 5.13. The van der Waals surface area contributed by atoms with Crippen LogP contribution < -0.4 is 9.47 Å². The van der Waals surface area contributed by atoms with E-state index >= 15 is 0 Å². The van der Waals surface area contributed by atoms with Crippen LogP contribution in [0, 0.1) is 18.3 Å². The van der Waals surface area contributed by atoms with Crippen molar-refractivity contribution in [1.29, 1.82) is 5.26 Å². The predicted molar refractivity (Wildman–Crippen MR) is 84.9 cm³/mol. The van der Waals surface area contributed by atoms with E-state index in [9.17, 15) is 5.26 Å². The van der Waals surface area contributed by atoms with E-state index in [4.69, 9.17) is 9.47 Å². The molecular weight excluding hydrogens is 282 g/mol. The molecule has 0 radical (unpaired) electrons. The molecule has 1 unspecified atom stereocenters. The third-order valence-corrected chi connectivity index (χ3v) is 4.26. The summed E-state index contributed by atoms with van der Waals surface area (Å²) in [4.78, 5) is 1.07. The summed E-state index contributed by atoms with van der Waals surface area (Å²) < 4.78 is 10.5. The van der Waals surface area contributed by atoms with Gasteiger partial charge in [0.2, 0.25) is 0 Å². The number of rotatable bonds is 5. The first-order chi connectivity index (χ1) is 10.2. The number of methoxy groups -OCH3 is 2. The molecule has 2 aromatic rings. The van der Waals surface area contributed by atoms with E-state index in [-0.39, 0.29) is 5.25 Å². The van der Waals surface area contributed by atoms with Crippen LogP contribution in [0.5, 0.6) is 11.5 Å². The fraction of sp³-hybridized carbons (Fsp3) is 0.235. The predicted octanol–water partition coefficient (Wildman–Crippen LogP) is 4.37. The monoisotopic (exact) mass is 299 g/mol. The molecular formula is C17H17NO2S. The van der Waals surface area contributed by atoms with Crippen LogP contribution >= 0.6 is 11.8 Å². The fourth-order valence-corrected chi connectivity index (χ4v) is 2.84. The maximum absolute atomic E-state index is 9.44. The largest absolute Gasteiger partial charge is 0.493 e. The number of hydrogen-bond acceptors (Lipinski definition) is 4. The van der Waals surface area contributed by atoms with Crippen molar-refractivity contribution in [3.05, 3.63) is 53.6 Å². The van der Waals surface area contributed by atoms with Gasteiger partial charge in [0, 0.05) is 4.90 Å². The van der Waals surface area contributed by atoms with Gasteiger partial charge >= 0.3 is 0 Å². The van der Waals surface area contributed by atoms with Gasteiger partial charge in [-0.3, -0.25) is 0 Å². The maximum atomic E-state index is 9.44. The van der Waals surface area contributed by atoms with E-state index in [0.29, 0.717) is 11.5 Å². The first-order valence-electron chi connectivity index (χ1n) is 6.52. The number of ether oxygens (including phenoxy) is 2. The number of aryl methyl sites for hydroxylation is 1. The Labute approximate surface area is 129 Å². The second kappa shape index (κ2) is 7.05. The van der Waals surface area contributed by atoms with Gasteiger partial charge in [-0.1, -0.05) is 23.8 Å². The van der Waals surface area contributed by atoms with Crippen LogP contribution in [-0.2, 0) is 0 Å². The summed E-state index contributed by atoms with van der Waals surface area (Å²) in [6.07, 6.45) is 0. The molecule has 2 aromatic carbocycles. The molecule has 0 aliphatic rings. The van der Waals surface area contributed by atoms with Crippen LogP contribution in [0.15, 0.2) is 47.4 Å². The third-order valence-electron chi connectivity index (χ3n) is 3.10. The molecule has 0 fully saturated rings. The Morgan fingerprint density at radius 3 is 2.24 bits per heavy atom. The average molecular weight is 299 g/mol. The topological polar surface area (TPSA) is 42.2 Å². The van der Waals surface area contributed by atoms with E-state index < -0.39 is 0 Å². The van der Waals surface area contributed by atoms with Crippen molar-refractivity contribution in [1.82, 2.24) is 0 Å². The summed E-state index contributed by atoms with van der Waals surface area (Å²) in [5, 5.41) is 9.16. The zero-order valence-corrected chi connectivity index (χ0v) is 13.1. The molecule has 0 aliphatic carbocycles. The Morgan fingerprint density at radius 1 is 1.00 bits per heavy atom. The second-order valence-corrected chi connectivity index (χ2v) is 5.73. The maximum Gasteiger partial charge on any atom is 0.161 e. The van der Waals surface area contributed by atoms with E-state index in [1.54, 1.807) is 14.2 Å². The number of nitriles is 1. The Balaban J connectivity index is 2.25. The lowest BCUT2D eigenvalue weighted by atomic mass is 10.1. The van der Waals surface area contributed by atoms with Gasteiger partial charge in [0.1, 0.15) is 5.25 Å². The number of hydrogen-bond donors (Lipinski definition) is 0. The van der Waals surface area contributed by atoms with Gasteiger partial charge < -0.3 is 9.47 Å². The third kappa shape index (κ3) is 3.71. The SMILES string of the molecule is COc1ccc(C(C#N)Sc2ccc(C)cc2)cc1OC. The molecule has 0 aromatic heterocycles. The van der Waals surface area contributed by atoms with Crippen molar-refractivity contribution >= 4 is 11.8 Å². The smallest absolute Gasteiger partial charge is 0.161 e. The lowest BCUT2D eigenvalue weighted by Gasteiger charge is -2.13. The molecule has 0 N–H and O–H groups in total. The van der Waals surface area contributed by atoms with Crippen molar-refractivity contribution in [3.63, 3.8) is 0 Å². The Bertz CT molecular complexity index is 647. The average Bonchev–Trinajstić information content (AvgIpc) is 2.53. The molecule has 4 heteroatoms. The summed E-state index contributed by atoms with van der Waals surface area (Å²) in [6, 6.07) is 16.1. The number of benzene rings is 2. The molecule has 1 atom stereocenters. The molecule has 3 nitrogen and oxygen atoms in total. The molecule has 0 bridgehead atoms. The van der Waals surface area contributed by atoms with Crippen LogP contribution in [0.4, 0.5) is 0 Å². The minimum Gasteiger partial charge on any atom is -0.493 e. The van der Waals surface area contributed by atoms with Gasteiger partial charge in [0.15, 0.2) is 11.5 Å². The van der Waals surface area contributed by atoms with Gasteiger partial charge in [-0.05, 0) is 36.8 Å². The molecule has 0 heterocycles. The molecule has 0 aliphatic heterocycles. The van der Waals surface area contributed by atoms with Gasteiger partial charge in [0.05, 0.1) is 20.3 Å². The normalized spacial score (nSPS) is 11.5. The molecule has 21 heavy (non-hydrogen) atoms. The van der Waals surface area contributed by atoms with E-state index in [0.717, 1.165) is 10.5 Å². The van der Waals surface area contributed by atoms with Crippen molar-refractivity contribution in [2.45, 2.75) is 17.1 Å². The van der Waals surface area contributed by atoms with Crippen molar-refractivity contribution in [3.8, 4) is 17.6 Å². The summed E-state index contributed by atoms with van der Waals surface area (Å²) in [5.74, 6) is 1.30. The minimum absolute atomic E-state index is 0.285. The van der Waals surface area contributed by atoms with Gasteiger partial charge in [-0.15, -0.1) is 11.8 Å². The van der Waals surface area contributed by atoms with Crippen molar-refractivity contribution < 1.29 is 9.47 Å². The lowest BCUT2D eigenvalue weighted by Crippen LogP contribution is -1.95. The zero-order valence-electron chi connectivity index (χ0n) is 12.3. The first kappa shape index (κ1) is 15.3. The summed E-state index contributed by atoms with van der Waals surface area (Å²) >= 11 is 1.53. The molecule has 0 saturated heterocycles. The molecule has 108 valence electrons. The van der Waals surface area contributed by atoms with E-state index in [1.807, 2.05) is 49.4 Å². The van der Waals surface area contributed by atoms with E-state index in [2.05, 4.69) is 6.07 Å². The highest BCUT2D eigenvalue weighted by atomic mass is 32.2. The van der Waals surface area contributed by atoms with Gasteiger partial charge in [-0.2, -0.15) is 5.26 Å². The number of thioether (sulfide) groups is 1. The summed E-state index contributed by atoms with van der Waals surface area (Å²) in [6.45, 7) is 2.05. The molecule has 0 spiro atoms. The molecule has 0 amide bonds.